The smallest absolute Gasteiger partial charge is 0.166 e. The normalized spacial score (nSPS) is 16.3. The van der Waals surface area contributed by atoms with Crippen LogP contribution in [-0.2, 0) is 0 Å². The van der Waals surface area contributed by atoms with Gasteiger partial charge in [-0.25, -0.2) is 8.78 Å². The second-order valence-corrected chi connectivity index (χ2v) is 9.76. The maximum Gasteiger partial charge on any atom is 0.166 e. The van der Waals surface area contributed by atoms with Gasteiger partial charge in [0, 0.05) is 8.95 Å². The van der Waals surface area contributed by atoms with Crippen molar-refractivity contribution >= 4 is 40.4 Å². The first-order valence-electron chi connectivity index (χ1n) is 7.85. The van der Waals surface area contributed by atoms with Crippen LogP contribution < -0.4 is 4.74 Å². The van der Waals surface area contributed by atoms with Crippen LogP contribution in [0.2, 0.25) is 0 Å². The Morgan fingerprint density at radius 1 is 0.792 bits per heavy atom. The standard InChI is InChI=1S/C12H6Br2F2O.C6H11P/c13-7-1-3-11(9(15)5-7)17-12-4-2-8(14)6-10(12)16;1-2-5(1)7-6-3-4-6/h1-6H;5-7H,1-4H2. The van der Waals surface area contributed by atoms with Crippen LogP contribution in [0.25, 0.3) is 0 Å². The Hall–Kier alpha value is -0.510. The number of rotatable bonds is 4. The molecule has 4 rings (SSSR count). The van der Waals surface area contributed by atoms with Crippen molar-refractivity contribution in [2.75, 3.05) is 0 Å². The first kappa shape index (κ1) is 18.3. The molecule has 2 saturated carbocycles. The number of hydrogen-bond acceptors (Lipinski definition) is 1. The summed E-state index contributed by atoms with van der Waals surface area (Å²) in [6.45, 7) is 0. The minimum atomic E-state index is -0.554. The van der Waals surface area contributed by atoms with E-state index in [2.05, 4.69) is 31.9 Å². The molecule has 0 amide bonds. The van der Waals surface area contributed by atoms with Gasteiger partial charge in [0.15, 0.2) is 23.1 Å². The highest BCUT2D eigenvalue weighted by Crippen LogP contribution is 2.50. The Balaban J connectivity index is 0.000000198. The van der Waals surface area contributed by atoms with Crippen molar-refractivity contribution in [3.8, 4) is 11.5 Å². The molecule has 1 nitrogen and oxygen atoms in total. The van der Waals surface area contributed by atoms with E-state index < -0.39 is 11.6 Å². The van der Waals surface area contributed by atoms with Crippen LogP contribution in [0.1, 0.15) is 25.7 Å². The van der Waals surface area contributed by atoms with Crippen molar-refractivity contribution < 1.29 is 13.5 Å². The van der Waals surface area contributed by atoms with E-state index in [1.807, 2.05) is 0 Å². The van der Waals surface area contributed by atoms with Crippen LogP contribution in [0.3, 0.4) is 0 Å². The third kappa shape index (κ3) is 5.79. The summed E-state index contributed by atoms with van der Waals surface area (Å²) in [5, 5.41) is 0. The molecule has 0 unspecified atom stereocenters. The van der Waals surface area contributed by atoms with E-state index in [-0.39, 0.29) is 11.5 Å². The fourth-order valence-corrected chi connectivity index (χ4v) is 4.40. The van der Waals surface area contributed by atoms with Crippen molar-refractivity contribution in [1.29, 1.82) is 0 Å². The molecular weight excluding hydrogens is 461 g/mol. The molecule has 0 radical (unpaired) electrons. The summed E-state index contributed by atoms with van der Waals surface area (Å²) in [5.41, 5.74) is 2.43. The van der Waals surface area contributed by atoms with Crippen LogP contribution in [0.4, 0.5) is 8.78 Å². The van der Waals surface area contributed by atoms with Gasteiger partial charge in [-0.05, 0) is 73.4 Å². The lowest BCUT2D eigenvalue weighted by molar-refractivity contribution is 0.414. The van der Waals surface area contributed by atoms with E-state index in [1.54, 1.807) is 37.8 Å². The SMILES string of the molecule is C1CC1PC1CC1.Fc1cc(Br)ccc1Oc1ccc(Br)cc1F. The zero-order valence-corrected chi connectivity index (χ0v) is 17.0. The Morgan fingerprint density at radius 2 is 1.21 bits per heavy atom. The van der Waals surface area contributed by atoms with E-state index in [9.17, 15) is 8.78 Å². The van der Waals surface area contributed by atoms with Gasteiger partial charge in [-0.3, -0.25) is 0 Å². The summed E-state index contributed by atoms with van der Waals surface area (Å²) < 4.78 is 33.3. The molecule has 0 aliphatic heterocycles. The summed E-state index contributed by atoms with van der Waals surface area (Å²) >= 11 is 6.26. The summed E-state index contributed by atoms with van der Waals surface area (Å²) in [5.74, 6) is -1.15. The fraction of sp³-hybridized carbons (Fsp3) is 0.333. The van der Waals surface area contributed by atoms with Crippen molar-refractivity contribution in [3.05, 3.63) is 57.0 Å². The van der Waals surface area contributed by atoms with E-state index >= 15 is 0 Å². The van der Waals surface area contributed by atoms with Crippen LogP contribution >= 0.6 is 40.4 Å². The zero-order chi connectivity index (χ0) is 17.1. The van der Waals surface area contributed by atoms with Gasteiger partial charge in [-0.15, -0.1) is 8.58 Å². The van der Waals surface area contributed by atoms with Crippen molar-refractivity contribution in [2.45, 2.75) is 37.0 Å². The Labute approximate surface area is 159 Å². The molecule has 128 valence electrons. The average Bonchev–Trinajstić information content (AvgIpc) is 3.43. The van der Waals surface area contributed by atoms with E-state index in [0.29, 0.717) is 8.95 Å². The quantitative estimate of drug-likeness (QED) is 0.420. The summed E-state index contributed by atoms with van der Waals surface area (Å²) in [4.78, 5) is 0. The first-order valence-corrected chi connectivity index (χ1v) is 10.6. The minimum Gasteiger partial charge on any atom is -0.451 e. The topological polar surface area (TPSA) is 9.23 Å². The number of ether oxygens (including phenoxy) is 1. The Kier molecular flexibility index (Phi) is 6.28. The molecular formula is C18H17Br2F2OP. The van der Waals surface area contributed by atoms with E-state index in [1.165, 1.54) is 44.2 Å². The Morgan fingerprint density at radius 3 is 1.54 bits per heavy atom. The third-order valence-corrected chi connectivity index (χ3v) is 6.72. The third-order valence-electron chi connectivity index (χ3n) is 3.63. The summed E-state index contributed by atoms with van der Waals surface area (Å²) in [6.07, 6.45) is 6.26. The number of halogens is 4. The summed E-state index contributed by atoms with van der Waals surface area (Å²) in [6, 6.07) is 8.62. The minimum absolute atomic E-state index is 0.0191. The highest BCUT2D eigenvalue weighted by molar-refractivity contribution is 9.10. The van der Waals surface area contributed by atoms with Gasteiger partial charge >= 0.3 is 0 Å². The lowest BCUT2D eigenvalue weighted by Gasteiger charge is -2.08. The fourth-order valence-electron chi connectivity index (χ4n) is 2.07. The molecule has 2 aromatic rings. The van der Waals surface area contributed by atoms with Gasteiger partial charge in [0.25, 0.3) is 0 Å². The molecule has 0 aromatic heterocycles. The van der Waals surface area contributed by atoms with Crippen LogP contribution in [0, 0.1) is 11.6 Å². The monoisotopic (exact) mass is 476 g/mol. The highest BCUT2D eigenvalue weighted by Gasteiger charge is 2.30. The molecule has 0 N–H and O–H groups in total. The van der Waals surface area contributed by atoms with Gasteiger partial charge in [-0.2, -0.15) is 0 Å². The molecule has 0 saturated heterocycles. The number of benzene rings is 2. The predicted molar refractivity (Wildman–Crippen MR) is 103 cm³/mol. The van der Waals surface area contributed by atoms with Gasteiger partial charge in [-0.1, -0.05) is 31.9 Å². The average molecular weight is 478 g/mol. The molecule has 2 aliphatic rings. The molecule has 6 heteroatoms. The molecule has 2 aromatic carbocycles. The van der Waals surface area contributed by atoms with E-state index in [0.717, 1.165) is 0 Å². The van der Waals surface area contributed by atoms with Crippen LogP contribution in [-0.4, -0.2) is 11.3 Å². The molecule has 0 spiro atoms. The lowest BCUT2D eigenvalue weighted by Crippen LogP contribution is -1.91. The molecule has 24 heavy (non-hydrogen) atoms. The van der Waals surface area contributed by atoms with Crippen molar-refractivity contribution in [1.82, 2.24) is 0 Å². The van der Waals surface area contributed by atoms with Gasteiger partial charge in [0.1, 0.15) is 0 Å². The van der Waals surface area contributed by atoms with Crippen LogP contribution in [0.15, 0.2) is 45.3 Å². The second kappa shape index (κ2) is 8.25. The van der Waals surface area contributed by atoms with Crippen molar-refractivity contribution in [2.24, 2.45) is 0 Å². The highest BCUT2D eigenvalue weighted by atomic mass is 79.9. The number of hydrogen-bond donors (Lipinski definition) is 0. The second-order valence-electron chi connectivity index (χ2n) is 5.97. The zero-order valence-electron chi connectivity index (χ0n) is 12.9. The molecule has 2 fully saturated rings. The Bertz CT molecular complexity index is 659. The molecule has 0 atom stereocenters. The van der Waals surface area contributed by atoms with Gasteiger partial charge < -0.3 is 4.74 Å². The lowest BCUT2D eigenvalue weighted by atomic mass is 10.3. The first-order chi connectivity index (χ1) is 11.5. The van der Waals surface area contributed by atoms with Gasteiger partial charge in [0.2, 0.25) is 0 Å². The molecule has 0 bridgehead atoms. The summed E-state index contributed by atoms with van der Waals surface area (Å²) in [7, 11) is 1.37. The van der Waals surface area contributed by atoms with Crippen molar-refractivity contribution in [3.63, 3.8) is 0 Å². The van der Waals surface area contributed by atoms with E-state index in [4.69, 9.17) is 4.74 Å². The molecule has 2 aliphatic carbocycles. The largest absolute Gasteiger partial charge is 0.451 e. The molecule has 0 heterocycles. The maximum atomic E-state index is 13.5. The van der Waals surface area contributed by atoms with Crippen LogP contribution in [0.5, 0.6) is 11.5 Å². The predicted octanol–water partition coefficient (Wildman–Crippen LogP) is 7.27. The van der Waals surface area contributed by atoms with Gasteiger partial charge in [0.05, 0.1) is 0 Å². The maximum absolute atomic E-state index is 13.5.